The fraction of sp³-hybridized carbons (Fsp3) is 0.515. The largest absolute Gasteiger partial charge is 0.378 e. The van der Waals surface area contributed by atoms with Crippen LogP contribution in [0.15, 0.2) is 55.2 Å². The van der Waals surface area contributed by atoms with Crippen molar-refractivity contribution < 1.29 is 47.6 Å². The number of rotatable bonds is 28. The molecular weight excluding hydrogens is 598 g/mol. The van der Waals surface area contributed by atoms with Gasteiger partial charge in [0.05, 0.1) is 79.3 Å². The van der Waals surface area contributed by atoms with Crippen molar-refractivity contribution in [2.45, 2.75) is 13.8 Å². The Balaban J connectivity index is 2.51. The molecule has 0 radical (unpaired) electrons. The Bertz CT molecular complexity index is 1140. The summed E-state index contributed by atoms with van der Waals surface area (Å²) < 4.78 is 32.6. The lowest BCUT2D eigenvalue weighted by atomic mass is 10.0. The first kappa shape index (κ1) is 40.3. The first-order chi connectivity index (χ1) is 22.1. The zero-order valence-electron chi connectivity index (χ0n) is 27.0. The molecule has 4 N–H and O–H groups in total. The van der Waals surface area contributed by atoms with Crippen molar-refractivity contribution in [1.82, 2.24) is 10.6 Å². The minimum Gasteiger partial charge on any atom is -0.378 e. The summed E-state index contributed by atoms with van der Waals surface area (Å²) in [5, 5.41) is 5.39. The molecule has 0 aromatic heterocycles. The number of nitrogens with one attached hydrogen (secondary N) is 2. The van der Waals surface area contributed by atoms with E-state index in [1.54, 1.807) is 0 Å². The second-order valence-electron chi connectivity index (χ2n) is 10.2. The molecule has 1 rings (SSSR count). The molecule has 3 amide bonds. The molecule has 1 atom stereocenters. The zero-order chi connectivity index (χ0) is 34.0. The molecule has 0 bridgehead atoms. The number of primary amides is 1. The maximum Gasteiger partial charge on any atom is 0.251 e. The third-order valence-electron chi connectivity index (χ3n) is 5.82. The topological polar surface area (TPSA) is 174 Å². The highest BCUT2D eigenvalue weighted by Crippen LogP contribution is 2.13. The highest BCUT2D eigenvalue weighted by Gasteiger charge is 2.16. The van der Waals surface area contributed by atoms with Crippen molar-refractivity contribution in [3.63, 3.8) is 0 Å². The van der Waals surface area contributed by atoms with Gasteiger partial charge in [-0.3, -0.25) is 19.2 Å². The fourth-order valence-electron chi connectivity index (χ4n) is 3.43. The molecule has 1 unspecified atom stereocenters. The van der Waals surface area contributed by atoms with Crippen LogP contribution in [0.4, 0.5) is 0 Å². The quantitative estimate of drug-likeness (QED) is 0.0527. The first-order valence-electron chi connectivity index (χ1n) is 15.1. The van der Waals surface area contributed by atoms with Gasteiger partial charge >= 0.3 is 0 Å². The number of benzene rings is 1. The lowest BCUT2D eigenvalue weighted by Crippen LogP contribution is -2.30. The number of carbonyl (C=O) groups excluding carboxylic acids is 4. The van der Waals surface area contributed by atoms with Crippen LogP contribution in [0.2, 0.25) is 0 Å². The summed E-state index contributed by atoms with van der Waals surface area (Å²) in [6.45, 7) is 16.5. The maximum absolute atomic E-state index is 12.8. The number of hydrogen-bond donors (Lipinski definition) is 3. The van der Waals surface area contributed by atoms with E-state index in [0.29, 0.717) is 66.1 Å². The Kier molecular flexibility index (Phi) is 22.3. The number of amides is 3. The van der Waals surface area contributed by atoms with Crippen LogP contribution in [0.3, 0.4) is 0 Å². The van der Waals surface area contributed by atoms with Gasteiger partial charge in [0.1, 0.15) is 0 Å². The maximum atomic E-state index is 12.8. The number of carbonyl (C=O) groups is 4. The van der Waals surface area contributed by atoms with Crippen molar-refractivity contribution in [2.75, 3.05) is 92.4 Å². The van der Waals surface area contributed by atoms with Gasteiger partial charge in [0.2, 0.25) is 5.91 Å². The lowest BCUT2D eigenvalue weighted by molar-refractivity contribution is -0.113. The molecule has 0 aliphatic heterocycles. The van der Waals surface area contributed by atoms with Gasteiger partial charge in [0, 0.05) is 35.9 Å². The molecule has 0 fully saturated rings. The molecule has 13 nitrogen and oxygen atoms in total. The van der Waals surface area contributed by atoms with E-state index in [1.807, 2.05) is 19.9 Å². The van der Waals surface area contributed by atoms with Gasteiger partial charge in [-0.15, -0.1) is 6.58 Å². The van der Waals surface area contributed by atoms with E-state index >= 15 is 0 Å². The fourth-order valence-corrected chi connectivity index (χ4v) is 3.43. The monoisotopic (exact) mass is 647 g/mol. The number of hydrogen-bond acceptors (Lipinski definition) is 10. The van der Waals surface area contributed by atoms with Crippen LogP contribution in [0.5, 0.6) is 0 Å². The highest BCUT2D eigenvalue weighted by molar-refractivity contribution is 6.10. The zero-order valence-corrected chi connectivity index (χ0v) is 27.0. The summed E-state index contributed by atoms with van der Waals surface area (Å²) in [5.74, 6) is -2.14. The predicted molar refractivity (Wildman–Crippen MR) is 173 cm³/mol. The number of ether oxygens (including phenoxy) is 6. The van der Waals surface area contributed by atoms with E-state index in [0.717, 1.165) is 17.7 Å². The van der Waals surface area contributed by atoms with Gasteiger partial charge in [-0.1, -0.05) is 25.2 Å². The molecule has 0 spiro atoms. The van der Waals surface area contributed by atoms with Gasteiger partial charge in [0.25, 0.3) is 11.8 Å². The van der Waals surface area contributed by atoms with E-state index in [-0.39, 0.29) is 48.9 Å². The van der Waals surface area contributed by atoms with Gasteiger partial charge in [-0.05, 0) is 37.1 Å². The Morgan fingerprint density at radius 2 is 1.15 bits per heavy atom. The number of nitrogens with two attached hydrogens (primary N) is 1. The molecular formula is C33H49N3O10. The van der Waals surface area contributed by atoms with Crippen LogP contribution in [0.1, 0.15) is 44.9 Å². The molecule has 256 valence electrons. The molecule has 0 saturated heterocycles. The highest BCUT2D eigenvalue weighted by atomic mass is 16.5. The molecule has 1 aromatic rings. The van der Waals surface area contributed by atoms with E-state index in [2.05, 4.69) is 23.8 Å². The van der Waals surface area contributed by atoms with E-state index in [9.17, 15) is 19.2 Å². The first-order valence-corrected chi connectivity index (χ1v) is 15.1. The average Bonchev–Trinajstić information content (AvgIpc) is 3.04. The smallest absolute Gasteiger partial charge is 0.251 e. The molecule has 0 saturated carbocycles. The summed E-state index contributed by atoms with van der Waals surface area (Å²) in [6.07, 6.45) is 3.71. The lowest BCUT2D eigenvalue weighted by Gasteiger charge is -2.11. The Hall–Kier alpha value is -3.72. The summed E-state index contributed by atoms with van der Waals surface area (Å²) >= 11 is 0. The Morgan fingerprint density at radius 1 is 0.717 bits per heavy atom. The van der Waals surface area contributed by atoms with Gasteiger partial charge < -0.3 is 44.8 Å². The second kappa shape index (κ2) is 25.5. The van der Waals surface area contributed by atoms with Crippen molar-refractivity contribution in [2.24, 2.45) is 11.7 Å². The minimum atomic E-state index is -0.807. The van der Waals surface area contributed by atoms with Crippen LogP contribution < -0.4 is 16.4 Å². The normalized spacial score (nSPS) is 11.7. The van der Waals surface area contributed by atoms with Crippen LogP contribution >= 0.6 is 0 Å². The van der Waals surface area contributed by atoms with E-state index in [1.165, 1.54) is 18.2 Å². The van der Waals surface area contributed by atoms with E-state index in [4.69, 9.17) is 34.2 Å². The second-order valence-corrected chi connectivity index (χ2v) is 10.2. The predicted octanol–water partition coefficient (Wildman–Crippen LogP) is 1.87. The third kappa shape index (κ3) is 20.3. The van der Waals surface area contributed by atoms with Gasteiger partial charge in [-0.2, -0.15) is 0 Å². The summed E-state index contributed by atoms with van der Waals surface area (Å²) in [6, 6.07) is 4.04. The molecule has 1 aromatic carbocycles. The van der Waals surface area contributed by atoms with Crippen molar-refractivity contribution >= 4 is 23.5 Å². The van der Waals surface area contributed by atoms with Crippen LogP contribution in [-0.2, 0) is 33.2 Å². The van der Waals surface area contributed by atoms with Gasteiger partial charge in [-0.25, -0.2) is 0 Å². The SMILES string of the molecule is C=CC(C)COCCOCCOCCNC(=O)c1cc(C(=O)/C=C/C(N)=O)cc(C(=O)NCCOCCOCCOCC(=C)C)c1. The minimum absolute atomic E-state index is 0.0345. The van der Waals surface area contributed by atoms with Crippen molar-refractivity contribution in [1.29, 1.82) is 0 Å². The average molecular weight is 648 g/mol. The number of allylic oxidation sites excluding steroid dienone is 1. The third-order valence-corrected chi connectivity index (χ3v) is 5.82. The molecule has 0 aliphatic carbocycles. The van der Waals surface area contributed by atoms with Crippen molar-refractivity contribution in [3.05, 3.63) is 71.8 Å². The van der Waals surface area contributed by atoms with Crippen molar-refractivity contribution in [3.8, 4) is 0 Å². The standard InChI is InChI=1S/C33H49N3O10/c1-5-26(4)24-46-19-17-44-15-13-42-11-9-36-33(40)29-21-27(30(37)6-7-31(34)38)20-28(22-29)32(39)35-8-10-41-12-14-43-16-18-45-23-25(2)3/h5-7,20-22,26H,1-2,8-19,23-24H2,3-4H3,(H2,34,38)(H,35,39)(H,36,40)/b7-6+. The van der Waals surface area contributed by atoms with Crippen LogP contribution in [-0.4, -0.2) is 116 Å². The Morgan fingerprint density at radius 3 is 1.61 bits per heavy atom. The van der Waals surface area contributed by atoms with Crippen LogP contribution in [0.25, 0.3) is 0 Å². The Labute approximate surface area is 271 Å². The molecule has 46 heavy (non-hydrogen) atoms. The molecule has 13 heteroatoms. The summed E-state index contributed by atoms with van der Waals surface area (Å²) in [4.78, 5) is 49.4. The molecule has 0 heterocycles. The van der Waals surface area contributed by atoms with Gasteiger partial charge in [0.15, 0.2) is 5.78 Å². The summed E-state index contributed by atoms with van der Waals surface area (Å²) in [7, 11) is 0. The number of ketones is 1. The molecule has 0 aliphatic rings. The summed E-state index contributed by atoms with van der Waals surface area (Å²) in [5.41, 5.74) is 6.23. The van der Waals surface area contributed by atoms with Crippen LogP contribution in [0, 0.1) is 5.92 Å². The van der Waals surface area contributed by atoms with E-state index < -0.39 is 23.5 Å².